The van der Waals surface area contributed by atoms with Crippen molar-refractivity contribution in [2.75, 3.05) is 17.2 Å². The summed E-state index contributed by atoms with van der Waals surface area (Å²) in [7, 11) is 0. The van der Waals surface area contributed by atoms with E-state index >= 15 is 0 Å². The van der Waals surface area contributed by atoms with Crippen LogP contribution in [0.25, 0.3) is 10.2 Å². The Morgan fingerprint density at radius 3 is 2.67 bits per heavy atom. The van der Waals surface area contributed by atoms with E-state index < -0.39 is 0 Å². The van der Waals surface area contributed by atoms with Crippen LogP contribution in [0.5, 0.6) is 0 Å². The quantitative estimate of drug-likeness (QED) is 0.448. The zero-order chi connectivity index (χ0) is 19.4. The van der Waals surface area contributed by atoms with E-state index in [1.165, 1.54) is 22.2 Å². The second-order valence-electron chi connectivity index (χ2n) is 6.22. The maximum atomic E-state index is 12.9. The van der Waals surface area contributed by atoms with Gasteiger partial charge in [0, 0.05) is 22.5 Å². The van der Waals surface area contributed by atoms with Gasteiger partial charge in [0.25, 0.3) is 0 Å². The van der Waals surface area contributed by atoms with Crippen LogP contribution in [0.4, 0.5) is 5.69 Å². The van der Waals surface area contributed by atoms with Crippen LogP contribution in [-0.2, 0) is 4.79 Å². The van der Waals surface area contributed by atoms with E-state index in [2.05, 4.69) is 29.9 Å². The van der Waals surface area contributed by atoms with Crippen LogP contribution in [0, 0.1) is 32.1 Å². The lowest BCUT2D eigenvalue weighted by Crippen LogP contribution is -2.33. The van der Waals surface area contributed by atoms with E-state index in [9.17, 15) is 4.79 Å². The molecule has 0 fully saturated rings. The van der Waals surface area contributed by atoms with Crippen molar-refractivity contribution in [3.63, 3.8) is 0 Å². The summed E-state index contributed by atoms with van der Waals surface area (Å²) in [4.78, 5) is 25.5. The van der Waals surface area contributed by atoms with Gasteiger partial charge >= 0.3 is 0 Å². The van der Waals surface area contributed by atoms with Gasteiger partial charge in [-0.2, -0.15) is 5.26 Å². The Hall–Kier alpha value is -2.43. The molecule has 5 nitrogen and oxygen atoms in total. The van der Waals surface area contributed by atoms with Crippen LogP contribution < -0.4 is 4.90 Å². The Balaban J connectivity index is 1.80. The number of anilines is 1. The molecule has 3 rings (SSSR count). The van der Waals surface area contributed by atoms with Gasteiger partial charge in [-0.25, -0.2) is 9.97 Å². The highest BCUT2D eigenvalue weighted by Gasteiger charge is 2.18. The van der Waals surface area contributed by atoms with Crippen LogP contribution >= 0.6 is 23.1 Å². The number of nitrogens with zero attached hydrogens (tertiary/aromatic N) is 4. The molecule has 7 heteroatoms. The molecule has 0 spiro atoms. The average Bonchev–Trinajstić information content (AvgIpc) is 2.96. The molecule has 27 heavy (non-hydrogen) atoms. The van der Waals surface area contributed by atoms with E-state index in [4.69, 9.17) is 5.26 Å². The first-order valence-electron chi connectivity index (χ1n) is 8.58. The first kappa shape index (κ1) is 19.3. The van der Waals surface area contributed by atoms with Gasteiger partial charge in [0.05, 0.1) is 18.2 Å². The second-order valence-corrected chi connectivity index (χ2v) is 8.39. The number of aromatic nitrogens is 2. The fraction of sp³-hybridized carbons (Fsp3) is 0.300. The van der Waals surface area contributed by atoms with Crippen molar-refractivity contribution in [2.45, 2.75) is 32.2 Å². The third-order valence-corrected chi connectivity index (χ3v) is 6.45. The first-order chi connectivity index (χ1) is 13.0. The van der Waals surface area contributed by atoms with Gasteiger partial charge < -0.3 is 4.90 Å². The molecule has 0 saturated carbocycles. The number of fused-ring (bicyclic) bond motifs is 1. The molecule has 3 aromatic rings. The summed E-state index contributed by atoms with van der Waals surface area (Å²) in [6.45, 7) is 6.53. The summed E-state index contributed by atoms with van der Waals surface area (Å²) in [5, 5.41) is 10.8. The molecule has 0 saturated heterocycles. The first-order valence-corrected chi connectivity index (χ1v) is 10.4. The van der Waals surface area contributed by atoms with Gasteiger partial charge in [0.1, 0.15) is 16.2 Å². The minimum Gasteiger partial charge on any atom is -0.311 e. The number of carbonyl (C=O) groups is 1. The predicted molar refractivity (Wildman–Crippen MR) is 111 cm³/mol. The van der Waals surface area contributed by atoms with Crippen molar-refractivity contribution in [2.24, 2.45) is 0 Å². The number of nitriles is 1. The molecule has 2 heterocycles. The fourth-order valence-corrected chi connectivity index (χ4v) is 4.75. The summed E-state index contributed by atoms with van der Waals surface area (Å²) in [6, 6.07) is 9.91. The molecule has 0 aliphatic heterocycles. The van der Waals surface area contributed by atoms with Crippen molar-refractivity contribution < 1.29 is 4.79 Å². The molecule has 1 aromatic carbocycles. The van der Waals surface area contributed by atoms with Gasteiger partial charge in [0.2, 0.25) is 5.91 Å². The van der Waals surface area contributed by atoms with Gasteiger partial charge in [-0.3, -0.25) is 4.79 Å². The lowest BCUT2D eigenvalue weighted by molar-refractivity contribution is -0.116. The summed E-state index contributed by atoms with van der Waals surface area (Å²) in [6.07, 6.45) is 1.85. The molecule has 0 atom stereocenters. The number of thiophene rings is 1. The maximum absolute atomic E-state index is 12.9. The summed E-state index contributed by atoms with van der Waals surface area (Å²) in [5.41, 5.74) is 3.12. The van der Waals surface area contributed by atoms with Crippen molar-refractivity contribution in [3.05, 3.63) is 46.6 Å². The zero-order valence-corrected chi connectivity index (χ0v) is 17.2. The topological polar surface area (TPSA) is 69.9 Å². The van der Waals surface area contributed by atoms with Crippen molar-refractivity contribution >= 4 is 44.9 Å². The zero-order valence-electron chi connectivity index (χ0n) is 15.5. The SMILES string of the molecule is Cc1ccc(N(CCC#N)C(=O)CSc2ncnc3sc(C)c(C)c23)cc1. The average molecular weight is 397 g/mol. The smallest absolute Gasteiger partial charge is 0.237 e. The van der Waals surface area contributed by atoms with Crippen LogP contribution in [0.1, 0.15) is 22.4 Å². The Morgan fingerprint density at radius 2 is 1.96 bits per heavy atom. The van der Waals surface area contributed by atoms with Crippen LogP contribution in [0.3, 0.4) is 0 Å². The Kier molecular flexibility index (Phi) is 6.09. The molecule has 0 aliphatic carbocycles. The Morgan fingerprint density at radius 1 is 1.22 bits per heavy atom. The number of amides is 1. The second kappa shape index (κ2) is 8.51. The molecule has 2 aromatic heterocycles. The molecule has 0 N–H and O–H groups in total. The highest BCUT2D eigenvalue weighted by Crippen LogP contribution is 2.34. The standard InChI is InChI=1S/C20H20N4OS2/c1-13-5-7-16(8-6-13)24(10-4-9-21)17(25)11-26-19-18-14(2)15(3)27-20(18)23-12-22-19/h5-8,12H,4,10-11H2,1-3H3. The van der Waals surface area contributed by atoms with E-state index in [1.807, 2.05) is 31.2 Å². The lowest BCUT2D eigenvalue weighted by atomic mass is 10.2. The van der Waals surface area contributed by atoms with Gasteiger partial charge in [0.15, 0.2) is 0 Å². The largest absolute Gasteiger partial charge is 0.311 e. The molecule has 0 unspecified atom stereocenters. The molecule has 1 amide bonds. The number of hydrogen-bond acceptors (Lipinski definition) is 6. The van der Waals surface area contributed by atoms with Crippen LogP contribution in [0.2, 0.25) is 0 Å². The molecule has 0 aliphatic rings. The molecule has 0 radical (unpaired) electrons. The third-order valence-electron chi connectivity index (χ3n) is 4.36. The van der Waals surface area contributed by atoms with Crippen LogP contribution in [-0.4, -0.2) is 28.2 Å². The number of benzene rings is 1. The number of thioether (sulfide) groups is 1. The summed E-state index contributed by atoms with van der Waals surface area (Å²) < 4.78 is 0. The van der Waals surface area contributed by atoms with Gasteiger partial charge in [-0.05, 0) is 38.5 Å². The van der Waals surface area contributed by atoms with E-state index in [0.717, 1.165) is 26.5 Å². The van der Waals surface area contributed by atoms with E-state index in [-0.39, 0.29) is 11.7 Å². The Labute approximate surface area is 167 Å². The van der Waals surface area contributed by atoms with Crippen molar-refractivity contribution in [1.82, 2.24) is 9.97 Å². The third kappa shape index (κ3) is 4.29. The van der Waals surface area contributed by atoms with Crippen molar-refractivity contribution in [3.8, 4) is 6.07 Å². The number of aryl methyl sites for hydroxylation is 3. The number of hydrogen-bond donors (Lipinski definition) is 0. The van der Waals surface area contributed by atoms with E-state index in [0.29, 0.717) is 13.0 Å². The van der Waals surface area contributed by atoms with Gasteiger partial charge in [-0.1, -0.05) is 29.5 Å². The molecule has 138 valence electrons. The highest BCUT2D eigenvalue weighted by molar-refractivity contribution is 8.00. The summed E-state index contributed by atoms with van der Waals surface area (Å²) in [5.74, 6) is 0.232. The number of rotatable bonds is 6. The normalized spacial score (nSPS) is 10.7. The summed E-state index contributed by atoms with van der Waals surface area (Å²) >= 11 is 3.07. The molecular weight excluding hydrogens is 376 g/mol. The minimum atomic E-state index is -0.0320. The number of carbonyl (C=O) groups excluding carboxylic acids is 1. The molecular formula is C20H20N4OS2. The molecule has 0 bridgehead atoms. The monoisotopic (exact) mass is 396 g/mol. The fourth-order valence-electron chi connectivity index (χ4n) is 2.75. The maximum Gasteiger partial charge on any atom is 0.237 e. The van der Waals surface area contributed by atoms with Crippen molar-refractivity contribution in [1.29, 1.82) is 5.26 Å². The minimum absolute atomic E-state index is 0.0320. The van der Waals surface area contributed by atoms with E-state index in [1.54, 1.807) is 22.6 Å². The van der Waals surface area contributed by atoms with Crippen LogP contribution in [0.15, 0.2) is 35.6 Å². The predicted octanol–water partition coefficient (Wildman–Crippen LogP) is 4.66. The highest BCUT2D eigenvalue weighted by atomic mass is 32.2. The lowest BCUT2D eigenvalue weighted by Gasteiger charge is -2.22. The Bertz CT molecular complexity index is 1010. The van der Waals surface area contributed by atoms with Gasteiger partial charge in [-0.15, -0.1) is 11.3 Å².